The van der Waals surface area contributed by atoms with Crippen LogP contribution in [0.4, 0.5) is 5.69 Å². The number of carbonyl (C=O) groups is 1. The highest BCUT2D eigenvalue weighted by Crippen LogP contribution is 2.33. The predicted octanol–water partition coefficient (Wildman–Crippen LogP) is 3.93. The maximum Gasteiger partial charge on any atom is 0.237 e. The van der Waals surface area contributed by atoms with E-state index in [1.165, 1.54) is 11.8 Å². The molecule has 1 aliphatic rings. The normalized spacial score (nSPS) is 14.2. The van der Waals surface area contributed by atoms with Crippen LogP contribution in [0.15, 0.2) is 34.9 Å². The number of anilines is 1. The molecule has 0 aliphatic heterocycles. The lowest BCUT2D eigenvalue weighted by atomic mass is 10.3. The molecule has 2 N–H and O–H groups in total. The molecule has 0 heterocycles. The molecule has 3 nitrogen and oxygen atoms in total. The summed E-state index contributed by atoms with van der Waals surface area (Å²) < 4.78 is 0. The van der Waals surface area contributed by atoms with Gasteiger partial charge in [-0.3, -0.25) is 4.79 Å². The lowest BCUT2D eigenvalue weighted by Crippen LogP contribution is -2.31. The third-order valence-corrected chi connectivity index (χ3v) is 4.88. The molecular formula is C15H19ClN2OS. The Labute approximate surface area is 129 Å². The maximum absolute atomic E-state index is 12.3. The smallest absolute Gasteiger partial charge is 0.237 e. The topological polar surface area (TPSA) is 46.3 Å². The van der Waals surface area contributed by atoms with Crippen LogP contribution < -0.4 is 5.73 Å². The van der Waals surface area contributed by atoms with Gasteiger partial charge in [-0.1, -0.05) is 23.7 Å². The van der Waals surface area contributed by atoms with Crippen molar-refractivity contribution in [2.75, 3.05) is 18.0 Å². The Kier molecular flexibility index (Phi) is 5.38. The van der Waals surface area contributed by atoms with Gasteiger partial charge in [0.1, 0.15) is 0 Å². The number of hydrogen-bond donors (Lipinski definition) is 1. The van der Waals surface area contributed by atoms with Gasteiger partial charge in [0, 0.05) is 22.8 Å². The van der Waals surface area contributed by atoms with Crippen molar-refractivity contribution in [1.82, 2.24) is 4.90 Å². The SMILES string of the molecule is CCN(C(=O)CSc1c(N)cccc1Cl)C1=CCCC1. The van der Waals surface area contributed by atoms with Gasteiger partial charge >= 0.3 is 0 Å². The van der Waals surface area contributed by atoms with Crippen LogP contribution in [-0.2, 0) is 4.79 Å². The fraction of sp³-hybridized carbons (Fsp3) is 0.400. The van der Waals surface area contributed by atoms with E-state index in [1.54, 1.807) is 12.1 Å². The van der Waals surface area contributed by atoms with Gasteiger partial charge < -0.3 is 10.6 Å². The second kappa shape index (κ2) is 7.04. The van der Waals surface area contributed by atoms with Crippen LogP contribution in [0.5, 0.6) is 0 Å². The van der Waals surface area contributed by atoms with Crippen molar-refractivity contribution < 1.29 is 4.79 Å². The van der Waals surface area contributed by atoms with Crippen LogP contribution in [0.25, 0.3) is 0 Å². The Bertz CT molecular complexity index is 510. The second-order valence-electron chi connectivity index (χ2n) is 4.67. The summed E-state index contributed by atoms with van der Waals surface area (Å²) >= 11 is 7.53. The van der Waals surface area contributed by atoms with E-state index in [2.05, 4.69) is 6.08 Å². The van der Waals surface area contributed by atoms with Crippen molar-refractivity contribution in [3.05, 3.63) is 35.0 Å². The first-order chi connectivity index (χ1) is 9.63. The minimum atomic E-state index is 0.116. The van der Waals surface area contributed by atoms with Gasteiger partial charge in [-0.05, 0) is 38.3 Å². The van der Waals surface area contributed by atoms with Crippen LogP contribution >= 0.6 is 23.4 Å². The standard InChI is InChI=1S/C15H19ClN2OS/c1-2-18(11-6-3-4-7-11)14(19)10-20-15-12(16)8-5-9-13(15)17/h5-6,8-9H,2-4,7,10,17H2,1H3. The summed E-state index contributed by atoms with van der Waals surface area (Å²) in [4.78, 5) is 15.0. The number of rotatable bonds is 5. The van der Waals surface area contributed by atoms with Crippen LogP contribution in [0.3, 0.4) is 0 Å². The molecule has 1 aliphatic carbocycles. The molecule has 0 aromatic heterocycles. The van der Waals surface area contributed by atoms with E-state index < -0.39 is 0 Å². The van der Waals surface area contributed by atoms with E-state index in [9.17, 15) is 4.79 Å². The Morgan fingerprint density at radius 2 is 2.30 bits per heavy atom. The maximum atomic E-state index is 12.3. The average molecular weight is 311 g/mol. The minimum Gasteiger partial charge on any atom is -0.398 e. The van der Waals surface area contributed by atoms with Gasteiger partial charge in [0.05, 0.1) is 10.8 Å². The molecular weight excluding hydrogens is 292 g/mol. The molecule has 5 heteroatoms. The van der Waals surface area contributed by atoms with Crippen molar-refractivity contribution in [2.45, 2.75) is 31.1 Å². The van der Waals surface area contributed by atoms with Crippen LogP contribution in [-0.4, -0.2) is 23.1 Å². The van der Waals surface area contributed by atoms with Gasteiger partial charge in [0.15, 0.2) is 0 Å². The van der Waals surface area contributed by atoms with Gasteiger partial charge in [-0.25, -0.2) is 0 Å². The molecule has 0 saturated carbocycles. The number of nitrogen functional groups attached to an aromatic ring is 1. The zero-order valence-corrected chi connectivity index (χ0v) is 13.1. The first-order valence-electron chi connectivity index (χ1n) is 6.79. The Morgan fingerprint density at radius 3 is 2.90 bits per heavy atom. The van der Waals surface area contributed by atoms with Gasteiger partial charge in [0.2, 0.25) is 5.91 Å². The minimum absolute atomic E-state index is 0.116. The molecule has 0 radical (unpaired) electrons. The second-order valence-corrected chi connectivity index (χ2v) is 6.07. The Hall–Kier alpha value is -1.13. The quantitative estimate of drug-likeness (QED) is 0.662. The monoisotopic (exact) mass is 310 g/mol. The molecule has 1 aromatic rings. The zero-order chi connectivity index (χ0) is 14.5. The number of amides is 1. The molecule has 0 unspecified atom stereocenters. The van der Waals surface area contributed by atoms with Crippen molar-refractivity contribution in [2.24, 2.45) is 0 Å². The number of nitrogens with two attached hydrogens (primary N) is 1. The molecule has 1 aromatic carbocycles. The summed E-state index contributed by atoms with van der Waals surface area (Å²) in [5.74, 6) is 0.476. The fourth-order valence-corrected chi connectivity index (χ4v) is 3.54. The van der Waals surface area contributed by atoms with Gasteiger partial charge in [0.25, 0.3) is 0 Å². The lowest BCUT2D eigenvalue weighted by molar-refractivity contribution is -0.126. The van der Waals surface area contributed by atoms with Crippen LogP contribution in [0, 0.1) is 0 Å². The average Bonchev–Trinajstić information content (AvgIpc) is 2.93. The van der Waals surface area contributed by atoms with Gasteiger partial charge in [-0.15, -0.1) is 11.8 Å². The van der Waals surface area contributed by atoms with Crippen molar-refractivity contribution in [1.29, 1.82) is 0 Å². The number of carbonyl (C=O) groups excluding carboxylic acids is 1. The van der Waals surface area contributed by atoms with Crippen LogP contribution in [0.2, 0.25) is 5.02 Å². The molecule has 108 valence electrons. The lowest BCUT2D eigenvalue weighted by Gasteiger charge is -2.22. The summed E-state index contributed by atoms with van der Waals surface area (Å²) in [7, 11) is 0. The number of hydrogen-bond acceptors (Lipinski definition) is 3. The van der Waals surface area contributed by atoms with E-state index in [1.807, 2.05) is 17.9 Å². The highest BCUT2D eigenvalue weighted by molar-refractivity contribution is 8.00. The third kappa shape index (κ3) is 3.49. The summed E-state index contributed by atoms with van der Waals surface area (Å²) in [5.41, 5.74) is 7.68. The Morgan fingerprint density at radius 1 is 1.50 bits per heavy atom. The molecule has 1 amide bonds. The van der Waals surface area contributed by atoms with E-state index >= 15 is 0 Å². The molecule has 0 atom stereocenters. The van der Waals surface area contributed by atoms with Crippen molar-refractivity contribution in [3.63, 3.8) is 0 Å². The van der Waals surface area contributed by atoms with E-state index in [-0.39, 0.29) is 5.91 Å². The first kappa shape index (κ1) is 15.3. The van der Waals surface area contributed by atoms with Crippen molar-refractivity contribution in [3.8, 4) is 0 Å². The number of halogens is 1. The molecule has 0 bridgehead atoms. The van der Waals surface area contributed by atoms with Crippen molar-refractivity contribution >= 4 is 35.0 Å². The molecule has 0 saturated heterocycles. The molecule has 20 heavy (non-hydrogen) atoms. The highest BCUT2D eigenvalue weighted by atomic mass is 35.5. The summed E-state index contributed by atoms with van der Waals surface area (Å²) in [5, 5.41) is 0.603. The number of thioether (sulfide) groups is 1. The summed E-state index contributed by atoms with van der Waals surface area (Å²) in [6, 6.07) is 5.41. The zero-order valence-electron chi connectivity index (χ0n) is 11.6. The van der Waals surface area contributed by atoms with E-state index in [4.69, 9.17) is 17.3 Å². The summed E-state index contributed by atoms with van der Waals surface area (Å²) in [6.07, 6.45) is 5.38. The molecule has 0 fully saturated rings. The largest absolute Gasteiger partial charge is 0.398 e. The number of nitrogens with zero attached hydrogens (tertiary/aromatic N) is 1. The van der Waals surface area contributed by atoms with Crippen LogP contribution in [0.1, 0.15) is 26.2 Å². The fourth-order valence-electron chi connectivity index (χ4n) is 2.33. The summed E-state index contributed by atoms with van der Waals surface area (Å²) in [6.45, 7) is 2.72. The number of benzene rings is 1. The third-order valence-electron chi connectivity index (χ3n) is 3.32. The van der Waals surface area contributed by atoms with E-state index in [0.717, 1.165) is 29.9 Å². The number of allylic oxidation sites excluding steroid dienone is 2. The first-order valence-corrected chi connectivity index (χ1v) is 8.16. The Balaban J connectivity index is 2.01. The predicted molar refractivity (Wildman–Crippen MR) is 85.9 cm³/mol. The van der Waals surface area contributed by atoms with E-state index in [0.29, 0.717) is 23.0 Å². The molecule has 2 rings (SSSR count). The highest BCUT2D eigenvalue weighted by Gasteiger charge is 2.19. The molecule has 0 spiro atoms. The van der Waals surface area contributed by atoms with Gasteiger partial charge in [-0.2, -0.15) is 0 Å².